The fourth-order valence-electron chi connectivity index (χ4n) is 1.51. The van der Waals surface area contributed by atoms with Crippen LogP contribution in [0.2, 0.25) is 0 Å². The first-order chi connectivity index (χ1) is 6.85. The molecule has 0 aromatic carbocycles. The smallest absolute Gasteiger partial charge is 0.125 e. The van der Waals surface area contributed by atoms with Crippen molar-refractivity contribution >= 4 is 5.82 Å². The summed E-state index contributed by atoms with van der Waals surface area (Å²) in [6.07, 6.45) is 4.76. The fourth-order valence-corrected chi connectivity index (χ4v) is 1.51. The Morgan fingerprint density at radius 3 is 2.93 bits per heavy atom. The molecule has 1 heterocycles. The molecule has 2 rings (SSSR count). The molecule has 1 fully saturated rings. The summed E-state index contributed by atoms with van der Waals surface area (Å²) in [6.45, 7) is 0.873. The molecule has 1 N–H and O–H groups in total. The third-order valence-electron chi connectivity index (χ3n) is 2.72. The molecular formula is C11H13N3. The SMILES string of the molecule is N#CCC1(CNc2ccccn2)CC1. The highest BCUT2D eigenvalue weighted by Gasteiger charge is 2.42. The highest BCUT2D eigenvalue weighted by atomic mass is 15.0. The number of anilines is 1. The molecule has 0 bridgehead atoms. The molecule has 0 radical (unpaired) electrons. The molecule has 0 atom stereocenters. The number of hydrogen-bond acceptors (Lipinski definition) is 3. The van der Waals surface area contributed by atoms with E-state index >= 15 is 0 Å². The number of rotatable bonds is 4. The van der Waals surface area contributed by atoms with E-state index in [4.69, 9.17) is 5.26 Å². The molecule has 1 saturated carbocycles. The van der Waals surface area contributed by atoms with Gasteiger partial charge in [0.1, 0.15) is 5.82 Å². The van der Waals surface area contributed by atoms with Crippen molar-refractivity contribution in [2.24, 2.45) is 5.41 Å². The predicted octanol–water partition coefficient (Wildman–Crippen LogP) is 2.19. The van der Waals surface area contributed by atoms with Crippen molar-refractivity contribution in [3.8, 4) is 6.07 Å². The third-order valence-corrected chi connectivity index (χ3v) is 2.72. The molecule has 0 amide bonds. The summed E-state index contributed by atoms with van der Waals surface area (Å²) in [6, 6.07) is 8.05. The summed E-state index contributed by atoms with van der Waals surface area (Å²) < 4.78 is 0. The molecule has 1 aromatic rings. The van der Waals surface area contributed by atoms with E-state index in [1.54, 1.807) is 6.20 Å². The number of aromatic nitrogens is 1. The highest BCUT2D eigenvalue weighted by Crippen LogP contribution is 2.48. The topological polar surface area (TPSA) is 48.7 Å². The van der Waals surface area contributed by atoms with Crippen LogP contribution in [0, 0.1) is 16.7 Å². The lowest BCUT2D eigenvalue weighted by molar-refractivity contribution is 0.556. The minimum absolute atomic E-state index is 0.242. The molecule has 1 aliphatic carbocycles. The van der Waals surface area contributed by atoms with Crippen molar-refractivity contribution in [1.29, 1.82) is 5.26 Å². The molecule has 1 aromatic heterocycles. The average Bonchev–Trinajstić information content (AvgIpc) is 2.98. The van der Waals surface area contributed by atoms with Crippen LogP contribution in [-0.4, -0.2) is 11.5 Å². The number of pyridine rings is 1. The van der Waals surface area contributed by atoms with Gasteiger partial charge in [0, 0.05) is 24.6 Å². The molecule has 0 aliphatic heterocycles. The lowest BCUT2D eigenvalue weighted by Crippen LogP contribution is -2.15. The van der Waals surface area contributed by atoms with Gasteiger partial charge in [-0.2, -0.15) is 5.26 Å². The van der Waals surface area contributed by atoms with Crippen LogP contribution in [0.15, 0.2) is 24.4 Å². The van der Waals surface area contributed by atoms with E-state index in [1.807, 2.05) is 18.2 Å². The number of nitrogens with zero attached hydrogens (tertiary/aromatic N) is 2. The van der Waals surface area contributed by atoms with Crippen LogP contribution < -0.4 is 5.32 Å². The maximum absolute atomic E-state index is 8.65. The standard InChI is InChI=1S/C11H13N3/c12-7-6-11(4-5-11)9-14-10-3-1-2-8-13-10/h1-3,8H,4-6,9H2,(H,13,14). The van der Waals surface area contributed by atoms with Gasteiger partial charge in [-0.15, -0.1) is 0 Å². The quantitative estimate of drug-likeness (QED) is 0.786. The Morgan fingerprint density at radius 1 is 1.50 bits per heavy atom. The van der Waals surface area contributed by atoms with Crippen molar-refractivity contribution in [2.75, 3.05) is 11.9 Å². The van der Waals surface area contributed by atoms with Crippen molar-refractivity contribution in [2.45, 2.75) is 19.3 Å². The van der Waals surface area contributed by atoms with Gasteiger partial charge in [0.05, 0.1) is 6.07 Å². The molecule has 72 valence electrons. The summed E-state index contributed by atoms with van der Waals surface area (Å²) in [4.78, 5) is 4.18. The summed E-state index contributed by atoms with van der Waals surface area (Å²) in [5.41, 5.74) is 0.242. The van der Waals surface area contributed by atoms with Crippen LogP contribution in [0.4, 0.5) is 5.82 Å². The number of hydrogen-bond donors (Lipinski definition) is 1. The van der Waals surface area contributed by atoms with E-state index in [0.29, 0.717) is 6.42 Å². The Balaban J connectivity index is 1.87. The van der Waals surface area contributed by atoms with Crippen molar-refractivity contribution < 1.29 is 0 Å². The third kappa shape index (κ3) is 2.02. The Morgan fingerprint density at radius 2 is 2.36 bits per heavy atom. The highest BCUT2D eigenvalue weighted by molar-refractivity contribution is 5.34. The van der Waals surface area contributed by atoms with Crippen LogP contribution in [0.5, 0.6) is 0 Å². The zero-order chi connectivity index (χ0) is 9.86. The van der Waals surface area contributed by atoms with Crippen molar-refractivity contribution in [1.82, 2.24) is 4.98 Å². The zero-order valence-electron chi connectivity index (χ0n) is 8.03. The molecule has 14 heavy (non-hydrogen) atoms. The lowest BCUT2D eigenvalue weighted by atomic mass is 10.0. The van der Waals surface area contributed by atoms with E-state index in [0.717, 1.165) is 12.4 Å². The van der Waals surface area contributed by atoms with Gasteiger partial charge in [-0.1, -0.05) is 6.07 Å². The van der Waals surface area contributed by atoms with Crippen LogP contribution in [0.25, 0.3) is 0 Å². The summed E-state index contributed by atoms with van der Waals surface area (Å²) in [5.74, 6) is 0.900. The maximum atomic E-state index is 8.65. The van der Waals surface area contributed by atoms with E-state index in [1.165, 1.54) is 12.8 Å². The second-order valence-corrected chi connectivity index (χ2v) is 3.90. The first-order valence-corrected chi connectivity index (χ1v) is 4.87. The second kappa shape index (κ2) is 3.67. The van der Waals surface area contributed by atoms with Crippen LogP contribution in [0.3, 0.4) is 0 Å². The van der Waals surface area contributed by atoms with Crippen LogP contribution >= 0.6 is 0 Å². The minimum Gasteiger partial charge on any atom is -0.369 e. The number of nitriles is 1. The van der Waals surface area contributed by atoms with E-state index in [-0.39, 0.29) is 5.41 Å². The lowest BCUT2D eigenvalue weighted by Gasteiger charge is -2.12. The molecule has 0 spiro atoms. The molecule has 1 aliphatic rings. The van der Waals surface area contributed by atoms with Crippen LogP contribution in [0.1, 0.15) is 19.3 Å². The molecule has 0 saturated heterocycles. The predicted molar refractivity (Wildman–Crippen MR) is 54.6 cm³/mol. The van der Waals surface area contributed by atoms with Crippen LogP contribution in [-0.2, 0) is 0 Å². The first kappa shape index (κ1) is 9.01. The van der Waals surface area contributed by atoms with Gasteiger partial charge in [-0.3, -0.25) is 0 Å². The molecule has 0 unspecified atom stereocenters. The molecule has 3 heteroatoms. The normalized spacial score (nSPS) is 17.1. The van der Waals surface area contributed by atoms with Gasteiger partial charge >= 0.3 is 0 Å². The van der Waals surface area contributed by atoms with Gasteiger partial charge in [0.25, 0.3) is 0 Å². The van der Waals surface area contributed by atoms with Gasteiger partial charge in [-0.25, -0.2) is 4.98 Å². The molecular weight excluding hydrogens is 174 g/mol. The van der Waals surface area contributed by atoms with Gasteiger partial charge in [-0.05, 0) is 25.0 Å². The molecule has 3 nitrogen and oxygen atoms in total. The van der Waals surface area contributed by atoms with Gasteiger partial charge in [0.15, 0.2) is 0 Å². The van der Waals surface area contributed by atoms with E-state index in [2.05, 4.69) is 16.4 Å². The maximum Gasteiger partial charge on any atom is 0.125 e. The Bertz CT molecular complexity index is 335. The second-order valence-electron chi connectivity index (χ2n) is 3.90. The Hall–Kier alpha value is -1.56. The number of nitrogens with one attached hydrogen (secondary N) is 1. The monoisotopic (exact) mass is 187 g/mol. The summed E-state index contributed by atoms with van der Waals surface area (Å²) >= 11 is 0. The summed E-state index contributed by atoms with van der Waals surface area (Å²) in [7, 11) is 0. The van der Waals surface area contributed by atoms with E-state index < -0.39 is 0 Å². The van der Waals surface area contributed by atoms with E-state index in [9.17, 15) is 0 Å². The first-order valence-electron chi connectivity index (χ1n) is 4.87. The Kier molecular flexibility index (Phi) is 2.36. The van der Waals surface area contributed by atoms with Gasteiger partial charge in [0.2, 0.25) is 0 Å². The minimum atomic E-state index is 0.242. The average molecular weight is 187 g/mol. The Labute approximate surface area is 83.8 Å². The van der Waals surface area contributed by atoms with Crippen molar-refractivity contribution in [3.05, 3.63) is 24.4 Å². The van der Waals surface area contributed by atoms with Crippen molar-refractivity contribution in [3.63, 3.8) is 0 Å². The van der Waals surface area contributed by atoms with Gasteiger partial charge < -0.3 is 5.32 Å². The summed E-state index contributed by atoms with van der Waals surface area (Å²) in [5, 5.41) is 11.9. The zero-order valence-corrected chi connectivity index (χ0v) is 8.03. The largest absolute Gasteiger partial charge is 0.369 e. The fraction of sp³-hybridized carbons (Fsp3) is 0.455.